The maximum absolute atomic E-state index is 13.2. The molecule has 26 heavy (non-hydrogen) atoms. The summed E-state index contributed by atoms with van der Waals surface area (Å²) in [6.45, 7) is 2.12. The van der Waals surface area contributed by atoms with E-state index in [4.69, 9.17) is 9.47 Å². The van der Waals surface area contributed by atoms with Crippen LogP contribution in [0.25, 0.3) is 0 Å². The number of methoxy groups -OCH3 is 1. The van der Waals surface area contributed by atoms with Crippen molar-refractivity contribution in [1.82, 2.24) is 0 Å². The molecule has 0 bridgehead atoms. The van der Waals surface area contributed by atoms with Crippen LogP contribution in [0.4, 0.5) is 13.2 Å². The van der Waals surface area contributed by atoms with Gasteiger partial charge in [0, 0.05) is 12.7 Å². The van der Waals surface area contributed by atoms with Crippen molar-refractivity contribution in [3.05, 3.63) is 71.3 Å². The molecule has 0 aliphatic carbocycles. The third kappa shape index (κ3) is 4.07. The predicted octanol–water partition coefficient (Wildman–Crippen LogP) is 4.94. The molecule has 0 spiro atoms. The Balaban J connectivity index is 2.59. The van der Waals surface area contributed by atoms with Crippen LogP contribution in [0.15, 0.2) is 54.6 Å². The smallest absolute Gasteiger partial charge is 0.416 e. The Kier molecular flexibility index (Phi) is 6.42. The quantitative estimate of drug-likeness (QED) is 0.514. The summed E-state index contributed by atoms with van der Waals surface area (Å²) in [5, 5.41) is 0. The highest BCUT2D eigenvalue weighted by Crippen LogP contribution is 2.38. The largest absolute Gasteiger partial charge is 0.463 e. The first kappa shape index (κ1) is 20.0. The number of carbonyl (C=O) groups is 1. The Labute approximate surface area is 150 Å². The molecule has 2 rings (SSSR count). The van der Waals surface area contributed by atoms with Crippen LogP contribution < -0.4 is 0 Å². The number of hydrogen-bond acceptors (Lipinski definition) is 3. The normalized spacial score (nSPS) is 13.9. The highest BCUT2D eigenvalue weighted by atomic mass is 19.4. The zero-order valence-corrected chi connectivity index (χ0v) is 14.7. The Morgan fingerprint density at radius 2 is 1.58 bits per heavy atom. The van der Waals surface area contributed by atoms with Gasteiger partial charge < -0.3 is 9.47 Å². The minimum absolute atomic E-state index is 0.0718. The first-order valence-corrected chi connectivity index (χ1v) is 8.32. The second kappa shape index (κ2) is 8.36. The van der Waals surface area contributed by atoms with Crippen LogP contribution in [0.5, 0.6) is 0 Å². The molecule has 0 heterocycles. The van der Waals surface area contributed by atoms with Gasteiger partial charge in [-0.25, -0.2) is 4.79 Å². The molecule has 2 aromatic rings. The number of unbranched alkanes of at least 4 members (excludes halogenated alkanes) is 1. The molecule has 0 aromatic heterocycles. The minimum Gasteiger partial charge on any atom is -0.463 e. The predicted molar refractivity (Wildman–Crippen MR) is 91.5 cm³/mol. The molecule has 1 atom stereocenters. The van der Waals surface area contributed by atoms with Crippen molar-refractivity contribution in [3.63, 3.8) is 0 Å². The van der Waals surface area contributed by atoms with Gasteiger partial charge in [-0.2, -0.15) is 13.2 Å². The summed E-state index contributed by atoms with van der Waals surface area (Å²) >= 11 is 0. The Bertz CT molecular complexity index is 729. The van der Waals surface area contributed by atoms with Crippen LogP contribution in [0.3, 0.4) is 0 Å². The Morgan fingerprint density at radius 3 is 2.15 bits per heavy atom. The second-order valence-corrected chi connectivity index (χ2v) is 5.82. The second-order valence-electron chi connectivity index (χ2n) is 5.82. The van der Waals surface area contributed by atoms with E-state index in [-0.39, 0.29) is 12.2 Å². The fourth-order valence-electron chi connectivity index (χ4n) is 2.72. The molecule has 0 radical (unpaired) electrons. The average molecular weight is 366 g/mol. The number of esters is 1. The molecule has 0 N–H and O–H groups in total. The van der Waals surface area contributed by atoms with Crippen molar-refractivity contribution < 1.29 is 27.4 Å². The SMILES string of the molecule is CCCCOC(=O)C(OC)(c1ccccc1)c1cccc(C(F)(F)F)c1. The molecule has 1 unspecified atom stereocenters. The van der Waals surface area contributed by atoms with Gasteiger partial charge in [-0.05, 0) is 24.1 Å². The van der Waals surface area contributed by atoms with E-state index in [9.17, 15) is 18.0 Å². The van der Waals surface area contributed by atoms with Crippen LogP contribution in [-0.2, 0) is 26.0 Å². The molecule has 0 amide bonds. The molecule has 0 saturated carbocycles. The Morgan fingerprint density at radius 1 is 0.962 bits per heavy atom. The highest BCUT2D eigenvalue weighted by Gasteiger charge is 2.45. The molecule has 0 aliphatic heterocycles. The molecular weight excluding hydrogens is 345 g/mol. The summed E-state index contributed by atoms with van der Waals surface area (Å²) in [7, 11) is 1.29. The van der Waals surface area contributed by atoms with Crippen LogP contribution >= 0.6 is 0 Å². The lowest BCUT2D eigenvalue weighted by molar-refractivity contribution is -0.165. The zero-order valence-electron chi connectivity index (χ0n) is 14.7. The topological polar surface area (TPSA) is 35.5 Å². The highest BCUT2D eigenvalue weighted by molar-refractivity contribution is 5.86. The van der Waals surface area contributed by atoms with Gasteiger partial charge in [-0.1, -0.05) is 55.8 Å². The van der Waals surface area contributed by atoms with Crippen molar-refractivity contribution >= 4 is 5.97 Å². The Hall–Kier alpha value is -2.34. The average Bonchev–Trinajstić information content (AvgIpc) is 2.63. The van der Waals surface area contributed by atoms with E-state index >= 15 is 0 Å². The zero-order chi connectivity index (χ0) is 19.2. The monoisotopic (exact) mass is 366 g/mol. The first-order valence-electron chi connectivity index (χ1n) is 8.32. The first-order chi connectivity index (χ1) is 12.4. The van der Waals surface area contributed by atoms with E-state index in [0.29, 0.717) is 12.0 Å². The molecule has 6 heteroatoms. The lowest BCUT2D eigenvalue weighted by Gasteiger charge is -2.31. The number of hydrogen-bond donors (Lipinski definition) is 0. The fourth-order valence-corrected chi connectivity index (χ4v) is 2.72. The van der Waals surface area contributed by atoms with Gasteiger partial charge in [-0.15, -0.1) is 0 Å². The van der Waals surface area contributed by atoms with Crippen molar-refractivity contribution in [1.29, 1.82) is 0 Å². The third-order valence-corrected chi connectivity index (χ3v) is 4.10. The molecule has 140 valence electrons. The van der Waals surface area contributed by atoms with E-state index in [1.54, 1.807) is 30.3 Å². The van der Waals surface area contributed by atoms with Crippen molar-refractivity contribution in [2.45, 2.75) is 31.5 Å². The number of rotatable bonds is 7. The number of alkyl halides is 3. The summed E-state index contributed by atoms with van der Waals surface area (Å²) < 4.78 is 50.3. The minimum atomic E-state index is -4.53. The molecule has 3 nitrogen and oxygen atoms in total. The van der Waals surface area contributed by atoms with Gasteiger partial charge in [0.2, 0.25) is 5.60 Å². The molecule has 0 aliphatic rings. The van der Waals surface area contributed by atoms with E-state index in [1.165, 1.54) is 19.2 Å². The van der Waals surface area contributed by atoms with E-state index in [0.717, 1.165) is 18.6 Å². The molecular formula is C20H21F3O3. The van der Waals surface area contributed by atoms with Gasteiger partial charge in [0.25, 0.3) is 0 Å². The summed E-state index contributed by atoms with van der Waals surface area (Å²) in [5.41, 5.74) is -2.14. The van der Waals surface area contributed by atoms with Gasteiger partial charge in [0.1, 0.15) is 0 Å². The van der Waals surface area contributed by atoms with Crippen molar-refractivity contribution in [2.24, 2.45) is 0 Å². The van der Waals surface area contributed by atoms with Crippen LogP contribution in [0, 0.1) is 0 Å². The van der Waals surface area contributed by atoms with Gasteiger partial charge >= 0.3 is 12.1 Å². The van der Waals surface area contributed by atoms with Crippen LogP contribution in [0.2, 0.25) is 0 Å². The molecule has 2 aromatic carbocycles. The van der Waals surface area contributed by atoms with E-state index in [1.807, 2.05) is 6.92 Å². The molecule has 0 saturated heterocycles. The van der Waals surface area contributed by atoms with Crippen molar-refractivity contribution in [3.8, 4) is 0 Å². The van der Waals surface area contributed by atoms with E-state index in [2.05, 4.69) is 0 Å². The number of halogens is 3. The van der Waals surface area contributed by atoms with Crippen LogP contribution in [-0.4, -0.2) is 19.7 Å². The summed E-state index contributed by atoms with van der Waals surface area (Å²) in [6.07, 6.45) is -3.05. The number of ether oxygens (including phenoxy) is 2. The van der Waals surface area contributed by atoms with Gasteiger partial charge in [0.15, 0.2) is 0 Å². The van der Waals surface area contributed by atoms with Crippen molar-refractivity contribution in [2.75, 3.05) is 13.7 Å². The number of carbonyl (C=O) groups excluding carboxylic acids is 1. The molecule has 0 fully saturated rings. The summed E-state index contributed by atoms with van der Waals surface area (Å²) in [5.74, 6) is -0.737. The van der Waals surface area contributed by atoms with Gasteiger partial charge in [-0.3, -0.25) is 0 Å². The summed E-state index contributed by atoms with van der Waals surface area (Å²) in [6, 6.07) is 13.0. The third-order valence-electron chi connectivity index (χ3n) is 4.10. The van der Waals surface area contributed by atoms with Crippen LogP contribution in [0.1, 0.15) is 36.5 Å². The van der Waals surface area contributed by atoms with E-state index < -0.39 is 23.3 Å². The standard InChI is InChI=1S/C20H21F3O3/c1-3-4-13-26-18(24)19(25-2,15-9-6-5-7-10-15)16-11-8-12-17(14-16)20(21,22)23/h5-12,14H,3-4,13H2,1-2H3. The number of benzene rings is 2. The van der Waals surface area contributed by atoms with Gasteiger partial charge in [0.05, 0.1) is 12.2 Å². The lowest BCUT2D eigenvalue weighted by atomic mass is 9.85. The summed E-state index contributed by atoms with van der Waals surface area (Å²) in [4.78, 5) is 12.9. The fraction of sp³-hybridized carbons (Fsp3) is 0.350. The lowest BCUT2D eigenvalue weighted by Crippen LogP contribution is -2.41. The maximum Gasteiger partial charge on any atom is 0.416 e. The maximum atomic E-state index is 13.2.